The van der Waals surface area contributed by atoms with Gasteiger partial charge < -0.3 is 14.8 Å². The number of nitrogens with one attached hydrogen (secondary N) is 1. The fourth-order valence-corrected chi connectivity index (χ4v) is 4.36. The standard InChI is InChI=1S/C20H24N6O/c21-10-16-2-3-18(23-11-16)25-8-1-6-20(13-25)7-4-19(27)26(14-20)9-5-17-12-22-15-24-17/h2-3,11-12,15H,1,4-9,13-14H2,(H,22,24). The molecule has 2 saturated heterocycles. The van der Waals surface area contributed by atoms with Gasteiger partial charge in [0.1, 0.15) is 11.9 Å². The maximum Gasteiger partial charge on any atom is 0.222 e. The molecule has 1 N–H and O–H groups in total. The van der Waals surface area contributed by atoms with Gasteiger partial charge >= 0.3 is 0 Å². The van der Waals surface area contributed by atoms with Crippen LogP contribution in [0.2, 0.25) is 0 Å². The SMILES string of the molecule is N#Cc1ccc(N2CCCC3(CCC(=O)N(CCc4cnc[nH]4)C3)C2)nc1. The molecule has 1 amide bonds. The number of likely N-dealkylation sites (tertiary alicyclic amines) is 1. The molecule has 1 unspecified atom stereocenters. The van der Waals surface area contributed by atoms with E-state index >= 15 is 0 Å². The fraction of sp³-hybridized carbons (Fsp3) is 0.500. The van der Waals surface area contributed by atoms with Crippen LogP contribution in [0, 0.1) is 16.7 Å². The van der Waals surface area contributed by atoms with Crippen LogP contribution in [0.15, 0.2) is 30.9 Å². The van der Waals surface area contributed by atoms with Crippen LogP contribution in [0.4, 0.5) is 5.82 Å². The van der Waals surface area contributed by atoms with Crippen molar-refractivity contribution in [1.82, 2.24) is 19.9 Å². The first-order chi connectivity index (χ1) is 13.2. The zero-order chi connectivity index (χ0) is 18.7. The van der Waals surface area contributed by atoms with E-state index in [1.54, 1.807) is 12.5 Å². The molecule has 140 valence electrons. The Bertz CT molecular complexity index is 825. The second kappa shape index (κ2) is 7.39. The van der Waals surface area contributed by atoms with Crippen molar-refractivity contribution in [3.05, 3.63) is 42.1 Å². The average Bonchev–Trinajstić information content (AvgIpc) is 3.23. The number of imidazole rings is 1. The third kappa shape index (κ3) is 3.80. The van der Waals surface area contributed by atoms with Crippen LogP contribution < -0.4 is 4.90 Å². The van der Waals surface area contributed by atoms with Crippen LogP contribution in [0.5, 0.6) is 0 Å². The summed E-state index contributed by atoms with van der Waals surface area (Å²) in [5, 5.41) is 8.96. The number of carbonyl (C=O) groups is 1. The van der Waals surface area contributed by atoms with Crippen LogP contribution in [0.1, 0.15) is 36.9 Å². The Kier molecular flexibility index (Phi) is 4.80. The Morgan fingerprint density at radius 3 is 2.93 bits per heavy atom. The van der Waals surface area contributed by atoms with Gasteiger partial charge in [0, 0.05) is 62.5 Å². The summed E-state index contributed by atoms with van der Waals surface area (Å²) in [7, 11) is 0. The van der Waals surface area contributed by atoms with Gasteiger partial charge in [-0.05, 0) is 31.4 Å². The highest BCUT2D eigenvalue weighted by molar-refractivity contribution is 5.77. The van der Waals surface area contributed by atoms with Gasteiger partial charge in [-0.3, -0.25) is 4.79 Å². The van der Waals surface area contributed by atoms with Crippen LogP contribution in [-0.2, 0) is 11.2 Å². The van der Waals surface area contributed by atoms with Crippen molar-refractivity contribution < 1.29 is 4.79 Å². The first-order valence-electron chi connectivity index (χ1n) is 9.54. The molecule has 2 aliphatic heterocycles. The molecule has 7 heteroatoms. The minimum atomic E-state index is 0.135. The molecular formula is C20H24N6O. The number of pyridine rings is 1. The second-order valence-electron chi connectivity index (χ2n) is 7.68. The van der Waals surface area contributed by atoms with Gasteiger partial charge in [-0.25, -0.2) is 9.97 Å². The lowest BCUT2D eigenvalue weighted by atomic mass is 9.73. The van der Waals surface area contributed by atoms with Gasteiger partial charge in [0.05, 0.1) is 11.9 Å². The average molecular weight is 364 g/mol. The van der Waals surface area contributed by atoms with Gasteiger partial charge in [-0.1, -0.05) is 0 Å². The number of aromatic nitrogens is 3. The number of nitrogens with zero attached hydrogens (tertiary/aromatic N) is 5. The molecule has 7 nitrogen and oxygen atoms in total. The minimum Gasteiger partial charge on any atom is -0.356 e. The molecule has 2 aliphatic rings. The van der Waals surface area contributed by atoms with Crippen molar-refractivity contribution in [2.75, 3.05) is 31.1 Å². The van der Waals surface area contributed by atoms with Crippen LogP contribution >= 0.6 is 0 Å². The van der Waals surface area contributed by atoms with Crippen molar-refractivity contribution in [1.29, 1.82) is 5.26 Å². The summed E-state index contributed by atoms with van der Waals surface area (Å²) in [6.45, 7) is 3.44. The maximum atomic E-state index is 12.4. The van der Waals surface area contributed by atoms with Crippen molar-refractivity contribution in [2.24, 2.45) is 5.41 Å². The highest BCUT2D eigenvalue weighted by Gasteiger charge is 2.41. The predicted molar refractivity (Wildman–Crippen MR) is 101 cm³/mol. The lowest BCUT2D eigenvalue weighted by Gasteiger charge is -2.48. The van der Waals surface area contributed by atoms with E-state index in [1.165, 1.54) is 0 Å². The van der Waals surface area contributed by atoms with E-state index in [-0.39, 0.29) is 11.3 Å². The third-order valence-corrected chi connectivity index (χ3v) is 5.82. The zero-order valence-electron chi connectivity index (χ0n) is 15.4. The lowest BCUT2D eigenvalue weighted by Crippen LogP contribution is -2.54. The number of hydrogen-bond acceptors (Lipinski definition) is 5. The van der Waals surface area contributed by atoms with Crippen LogP contribution in [-0.4, -0.2) is 51.9 Å². The van der Waals surface area contributed by atoms with E-state index in [1.807, 2.05) is 23.2 Å². The van der Waals surface area contributed by atoms with E-state index in [4.69, 9.17) is 5.26 Å². The van der Waals surface area contributed by atoms with Crippen molar-refractivity contribution >= 4 is 11.7 Å². The van der Waals surface area contributed by atoms with Gasteiger partial charge in [-0.2, -0.15) is 5.26 Å². The number of H-pyrrole nitrogens is 1. The smallest absolute Gasteiger partial charge is 0.222 e. The molecule has 0 aromatic carbocycles. The summed E-state index contributed by atoms with van der Waals surface area (Å²) in [4.78, 5) is 28.4. The molecule has 0 radical (unpaired) electrons. The van der Waals surface area contributed by atoms with E-state index in [0.29, 0.717) is 12.0 Å². The molecule has 2 aromatic heterocycles. The Morgan fingerprint density at radius 2 is 2.19 bits per heavy atom. The number of piperidine rings is 2. The zero-order valence-corrected chi connectivity index (χ0v) is 15.4. The first kappa shape index (κ1) is 17.5. The second-order valence-corrected chi connectivity index (χ2v) is 7.68. The summed E-state index contributed by atoms with van der Waals surface area (Å²) in [5.74, 6) is 1.18. The normalized spacial score (nSPS) is 22.9. The number of aromatic amines is 1. The number of amides is 1. The van der Waals surface area contributed by atoms with Crippen LogP contribution in [0.25, 0.3) is 0 Å². The molecule has 4 heterocycles. The monoisotopic (exact) mass is 364 g/mol. The quantitative estimate of drug-likeness (QED) is 0.898. The summed E-state index contributed by atoms with van der Waals surface area (Å²) in [6.07, 6.45) is 9.76. The lowest BCUT2D eigenvalue weighted by molar-refractivity contribution is -0.137. The van der Waals surface area contributed by atoms with Crippen molar-refractivity contribution in [3.63, 3.8) is 0 Å². The fourth-order valence-electron chi connectivity index (χ4n) is 4.36. The van der Waals surface area contributed by atoms with Crippen LogP contribution in [0.3, 0.4) is 0 Å². The van der Waals surface area contributed by atoms with E-state index in [2.05, 4.69) is 25.9 Å². The molecule has 2 aromatic rings. The Labute approximate surface area is 159 Å². The Balaban J connectivity index is 1.44. The number of hydrogen-bond donors (Lipinski definition) is 1. The minimum absolute atomic E-state index is 0.135. The molecule has 0 saturated carbocycles. The topological polar surface area (TPSA) is 88.9 Å². The van der Waals surface area contributed by atoms with Gasteiger partial charge in [0.2, 0.25) is 5.91 Å². The molecule has 1 atom stereocenters. The molecule has 4 rings (SSSR count). The predicted octanol–water partition coefficient (Wildman–Crippen LogP) is 2.13. The van der Waals surface area contributed by atoms with E-state index in [9.17, 15) is 4.79 Å². The highest BCUT2D eigenvalue weighted by Crippen LogP contribution is 2.39. The Hall–Kier alpha value is -2.88. The molecular weight excluding hydrogens is 340 g/mol. The summed E-state index contributed by atoms with van der Waals surface area (Å²) >= 11 is 0. The molecule has 0 bridgehead atoms. The summed E-state index contributed by atoms with van der Waals surface area (Å²) in [5.41, 5.74) is 1.78. The summed E-state index contributed by atoms with van der Waals surface area (Å²) in [6, 6.07) is 5.87. The number of nitriles is 1. The van der Waals surface area contributed by atoms with Crippen molar-refractivity contribution in [3.8, 4) is 6.07 Å². The Morgan fingerprint density at radius 1 is 1.26 bits per heavy atom. The third-order valence-electron chi connectivity index (χ3n) is 5.82. The summed E-state index contributed by atoms with van der Waals surface area (Å²) < 4.78 is 0. The molecule has 27 heavy (non-hydrogen) atoms. The number of carbonyl (C=O) groups excluding carboxylic acids is 1. The van der Waals surface area contributed by atoms with Gasteiger partial charge in [0.15, 0.2) is 0 Å². The maximum absolute atomic E-state index is 12.4. The van der Waals surface area contributed by atoms with Crippen molar-refractivity contribution in [2.45, 2.75) is 32.1 Å². The van der Waals surface area contributed by atoms with E-state index < -0.39 is 0 Å². The first-order valence-corrected chi connectivity index (χ1v) is 9.54. The highest BCUT2D eigenvalue weighted by atomic mass is 16.2. The molecule has 0 aliphatic carbocycles. The van der Waals surface area contributed by atoms with Gasteiger partial charge in [0.25, 0.3) is 0 Å². The van der Waals surface area contributed by atoms with Gasteiger partial charge in [-0.15, -0.1) is 0 Å². The molecule has 1 spiro atoms. The number of anilines is 1. The van der Waals surface area contributed by atoms with E-state index in [0.717, 1.165) is 63.4 Å². The number of rotatable bonds is 4. The largest absolute Gasteiger partial charge is 0.356 e. The molecule has 2 fully saturated rings.